The lowest BCUT2D eigenvalue weighted by Gasteiger charge is -2.29. The van der Waals surface area contributed by atoms with Crippen LogP contribution in [0.15, 0.2) is 24.3 Å². The molecule has 0 heterocycles. The van der Waals surface area contributed by atoms with Crippen molar-refractivity contribution >= 4 is 0 Å². The van der Waals surface area contributed by atoms with E-state index in [1.54, 1.807) is 0 Å². The number of nitrogens with one attached hydrogen (secondary N) is 1. The normalized spacial score (nSPS) is 22.3. The van der Waals surface area contributed by atoms with Crippen LogP contribution in [0.5, 0.6) is 5.75 Å². The molecule has 2 nitrogen and oxygen atoms in total. The van der Waals surface area contributed by atoms with Gasteiger partial charge in [0.25, 0.3) is 0 Å². The van der Waals surface area contributed by atoms with Gasteiger partial charge in [-0.05, 0) is 56.3 Å². The van der Waals surface area contributed by atoms with Gasteiger partial charge in [-0.3, -0.25) is 0 Å². The van der Waals surface area contributed by atoms with Gasteiger partial charge in [0.2, 0.25) is 0 Å². The van der Waals surface area contributed by atoms with E-state index in [-0.39, 0.29) is 0 Å². The molecule has 1 aromatic rings. The van der Waals surface area contributed by atoms with E-state index in [0.717, 1.165) is 11.7 Å². The van der Waals surface area contributed by atoms with Crippen LogP contribution in [-0.4, -0.2) is 13.2 Å². The molecule has 2 aliphatic carbocycles. The Morgan fingerprint density at radius 1 is 0.905 bits per heavy atom. The van der Waals surface area contributed by atoms with Crippen LogP contribution in [0.2, 0.25) is 0 Å². The van der Waals surface area contributed by atoms with E-state index in [1.807, 2.05) is 0 Å². The highest BCUT2D eigenvalue weighted by Crippen LogP contribution is 2.34. The maximum absolute atomic E-state index is 5.86. The predicted octanol–water partition coefficient (Wildman–Crippen LogP) is 4.85. The van der Waals surface area contributed by atoms with E-state index in [9.17, 15) is 0 Å². The molecule has 0 aromatic heterocycles. The van der Waals surface area contributed by atoms with Crippen LogP contribution in [0, 0.1) is 5.92 Å². The largest absolute Gasteiger partial charge is 0.490 e. The van der Waals surface area contributed by atoms with Crippen molar-refractivity contribution in [1.29, 1.82) is 0 Å². The van der Waals surface area contributed by atoms with Crippen LogP contribution in [0.1, 0.15) is 69.4 Å². The molecule has 0 radical (unpaired) electrons. The SMILES string of the molecule is CNC(c1ccc(OC2CC2)cc1)C1CCCCCCC1. The Hall–Kier alpha value is -1.02. The van der Waals surface area contributed by atoms with Crippen LogP contribution in [-0.2, 0) is 0 Å². The third-order valence-electron chi connectivity index (χ3n) is 5.00. The highest BCUT2D eigenvalue weighted by molar-refractivity contribution is 5.30. The summed E-state index contributed by atoms with van der Waals surface area (Å²) < 4.78 is 5.86. The number of benzene rings is 1. The molecule has 1 aromatic carbocycles. The first-order valence-corrected chi connectivity index (χ1v) is 8.80. The van der Waals surface area contributed by atoms with Crippen molar-refractivity contribution in [3.05, 3.63) is 29.8 Å². The van der Waals surface area contributed by atoms with E-state index < -0.39 is 0 Å². The third-order valence-corrected chi connectivity index (χ3v) is 5.00. The zero-order valence-corrected chi connectivity index (χ0v) is 13.3. The maximum atomic E-state index is 5.86. The topological polar surface area (TPSA) is 21.3 Å². The lowest BCUT2D eigenvalue weighted by atomic mass is 9.83. The van der Waals surface area contributed by atoms with E-state index in [0.29, 0.717) is 12.1 Å². The minimum absolute atomic E-state index is 0.488. The molecular weight excluding hydrogens is 258 g/mol. The second kappa shape index (κ2) is 7.31. The summed E-state index contributed by atoms with van der Waals surface area (Å²) in [6, 6.07) is 9.33. The number of rotatable bonds is 5. The van der Waals surface area contributed by atoms with Crippen LogP contribution in [0.4, 0.5) is 0 Å². The quantitative estimate of drug-likeness (QED) is 0.836. The summed E-state index contributed by atoms with van der Waals surface area (Å²) in [5.74, 6) is 1.82. The van der Waals surface area contributed by atoms with E-state index in [2.05, 4.69) is 36.6 Å². The molecular formula is C19H29NO. The minimum atomic E-state index is 0.488. The fourth-order valence-electron chi connectivity index (χ4n) is 3.63. The van der Waals surface area contributed by atoms with Crippen molar-refractivity contribution in [3.63, 3.8) is 0 Å². The zero-order valence-electron chi connectivity index (χ0n) is 13.3. The monoisotopic (exact) mass is 287 g/mol. The number of hydrogen-bond donors (Lipinski definition) is 1. The molecule has 0 bridgehead atoms. The summed E-state index contributed by atoms with van der Waals surface area (Å²) in [4.78, 5) is 0. The van der Waals surface area contributed by atoms with Crippen molar-refractivity contribution in [2.75, 3.05) is 7.05 Å². The highest BCUT2D eigenvalue weighted by Gasteiger charge is 2.24. The summed E-state index contributed by atoms with van der Waals surface area (Å²) in [6.45, 7) is 0. The second-order valence-corrected chi connectivity index (χ2v) is 6.76. The predicted molar refractivity (Wildman–Crippen MR) is 87.7 cm³/mol. The average molecular weight is 287 g/mol. The summed E-state index contributed by atoms with van der Waals surface area (Å²) in [6.07, 6.45) is 12.7. The molecule has 0 amide bonds. The second-order valence-electron chi connectivity index (χ2n) is 6.76. The van der Waals surface area contributed by atoms with Crippen LogP contribution in [0.3, 0.4) is 0 Å². The van der Waals surface area contributed by atoms with Gasteiger partial charge in [-0.1, -0.05) is 44.2 Å². The van der Waals surface area contributed by atoms with Crippen LogP contribution >= 0.6 is 0 Å². The van der Waals surface area contributed by atoms with E-state index in [1.165, 1.54) is 63.4 Å². The van der Waals surface area contributed by atoms with Gasteiger partial charge >= 0.3 is 0 Å². The van der Waals surface area contributed by atoms with Crippen LogP contribution < -0.4 is 10.1 Å². The molecule has 2 aliphatic rings. The minimum Gasteiger partial charge on any atom is -0.490 e. The Morgan fingerprint density at radius 3 is 2.10 bits per heavy atom. The Bertz CT molecular complexity index is 416. The molecule has 3 rings (SSSR count). The fourth-order valence-corrected chi connectivity index (χ4v) is 3.63. The van der Waals surface area contributed by atoms with Crippen molar-refractivity contribution in [1.82, 2.24) is 5.32 Å². The van der Waals surface area contributed by atoms with Crippen molar-refractivity contribution in [2.24, 2.45) is 5.92 Å². The first-order valence-electron chi connectivity index (χ1n) is 8.80. The molecule has 116 valence electrons. The number of ether oxygens (including phenoxy) is 1. The summed E-state index contributed by atoms with van der Waals surface area (Å²) >= 11 is 0. The van der Waals surface area contributed by atoms with Crippen molar-refractivity contribution in [2.45, 2.75) is 69.9 Å². The van der Waals surface area contributed by atoms with Gasteiger partial charge in [0.05, 0.1) is 6.10 Å². The Balaban J connectivity index is 1.65. The molecule has 1 atom stereocenters. The Kier molecular flexibility index (Phi) is 5.18. The molecule has 0 aliphatic heterocycles. The molecule has 2 fully saturated rings. The lowest BCUT2D eigenvalue weighted by Crippen LogP contribution is -2.26. The van der Waals surface area contributed by atoms with E-state index >= 15 is 0 Å². The van der Waals surface area contributed by atoms with Gasteiger partial charge in [-0.15, -0.1) is 0 Å². The molecule has 0 spiro atoms. The summed E-state index contributed by atoms with van der Waals surface area (Å²) in [5.41, 5.74) is 1.42. The van der Waals surface area contributed by atoms with E-state index in [4.69, 9.17) is 4.74 Å². The Morgan fingerprint density at radius 2 is 1.52 bits per heavy atom. The number of hydrogen-bond acceptors (Lipinski definition) is 2. The van der Waals surface area contributed by atoms with Gasteiger partial charge in [0, 0.05) is 6.04 Å². The molecule has 1 unspecified atom stereocenters. The summed E-state index contributed by atoms with van der Waals surface area (Å²) in [5, 5.41) is 3.57. The average Bonchev–Trinajstić information content (AvgIpc) is 3.27. The smallest absolute Gasteiger partial charge is 0.119 e. The molecule has 0 saturated heterocycles. The van der Waals surface area contributed by atoms with Gasteiger partial charge in [0.1, 0.15) is 5.75 Å². The molecule has 21 heavy (non-hydrogen) atoms. The zero-order chi connectivity index (χ0) is 14.5. The maximum Gasteiger partial charge on any atom is 0.119 e. The van der Waals surface area contributed by atoms with Gasteiger partial charge < -0.3 is 10.1 Å². The van der Waals surface area contributed by atoms with Gasteiger partial charge in [-0.25, -0.2) is 0 Å². The van der Waals surface area contributed by atoms with Crippen LogP contribution in [0.25, 0.3) is 0 Å². The highest BCUT2D eigenvalue weighted by atomic mass is 16.5. The molecule has 2 saturated carbocycles. The van der Waals surface area contributed by atoms with Gasteiger partial charge in [0.15, 0.2) is 0 Å². The summed E-state index contributed by atoms with van der Waals surface area (Å²) in [7, 11) is 2.11. The first kappa shape index (κ1) is 14.9. The first-order chi connectivity index (χ1) is 10.4. The van der Waals surface area contributed by atoms with Crippen molar-refractivity contribution < 1.29 is 4.74 Å². The fraction of sp³-hybridized carbons (Fsp3) is 0.684. The standard InChI is InChI=1S/C19H29NO/c1-20-19(15-7-5-3-2-4-6-8-15)16-9-11-17(12-10-16)21-18-13-14-18/h9-12,15,18-20H,2-8,13-14H2,1H3. The van der Waals surface area contributed by atoms with Gasteiger partial charge in [-0.2, -0.15) is 0 Å². The Labute approximate surface area is 129 Å². The third kappa shape index (κ3) is 4.23. The van der Waals surface area contributed by atoms with Crippen molar-refractivity contribution in [3.8, 4) is 5.75 Å². The lowest BCUT2D eigenvalue weighted by molar-refractivity contribution is 0.296. The molecule has 2 heteroatoms. The molecule has 1 N–H and O–H groups in total.